The van der Waals surface area contributed by atoms with E-state index in [1.165, 1.54) is 0 Å². The van der Waals surface area contributed by atoms with Crippen LogP contribution in [0.3, 0.4) is 0 Å². The van der Waals surface area contributed by atoms with Gasteiger partial charge in [-0.05, 0) is 47.3 Å². The maximum Gasteiger partial charge on any atom is 0.334 e. The summed E-state index contributed by atoms with van der Waals surface area (Å²) in [4.78, 5) is 23.5. The van der Waals surface area contributed by atoms with Crippen molar-refractivity contribution in [2.45, 2.75) is 26.4 Å². The van der Waals surface area contributed by atoms with Crippen LogP contribution in [0.25, 0.3) is 6.08 Å². The molecule has 0 N–H and O–H groups in total. The fourth-order valence-corrected chi connectivity index (χ4v) is 3.80. The lowest BCUT2D eigenvalue weighted by atomic mass is 9.85. The Balaban J connectivity index is 1.66. The van der Waals surface area contributed by atoms with Crippen molar-refractivity contribution >= 4 is 18.3 Å². The van der Waals surface area contributed by atoms with Crippen LogP contribution in [0.2, 0.25) is 0 Å². The van der Waals surface area contributed by atoms with Crippen LogP contribution in [-0.2, 0) is 20.9 Å². The number of ether oxygens (including phenoxy) is 1. The molecule has 0 fully saturated rings. The summed E-state index contributed by atoms with van der Waals surface area (Å²) in [5.41, 5.74) is 3.63. The molecule has 2 aliphatic rings. The van der Waals surface area contributed by atoms with E-state index in [9.17, 15) is 9.59 Å². The first kappa shape index (κ1) is 16.4. The molecule has 0 radical (unpaired) electrons. The van der Waals surface area contributed by atoms with Gasteiger partial charge in [-0.15, -0.1) is 0 Å². The lowest BCUT2D eigenvalue weighted by molar-refractivity contribution is -0.141. The molecule has 0 saturated heterocycles. The monoisotopic (exact) mass is 322 g/mol. The molecule has 1 aromatic carbocycles. The second kappa shape index (κ2) is 7.00. The van der Waals surface area contributed by atoms with Gasteiger partial charge < -0.3 is 4.74 Å². The predicted octanol–water partition coefficient (Wildman–Crippen LogP) is 4.10. The average molecular weight is 322 g/mol. The zero-order chi connectivity index (χ0) is 17.1. The van der Waals surface area contributed by atoms with E-state index in [2.05, 4.69) is 13.5 Å². The van der Waals surface area contributed by atoms with E-state index in [1.54, 1.807) is 6.08 Å². The Morgan fingerprint density at radius 1 is 1.29 bits per heavy atom. The summed E-state index contributed by atoms with van der Waals surface area (Å²) >= 11 is 0. The Hall–Kier alpha value is -2.42. The Bertz CT molecular complexity index is 709. The summed E-state index contributed by atoms with van der Waals surface area (Å²) in [5, 5.41) is 0. The van der Waals surface area contributed by atoms with Gasteiger partial charge in [-0.1, -0.05) is 56.0 Å². The van der Waals surface area contributed by atoms with Gasteiger partial charge in [0.05, 0.1) is 0 Å². The summed E-state index contributed by atoms with van der Waals surface area (Å²) < 4.78 is 5.51. The van der Waals surface area contributed by atoms with Crippen molar-refractivity contribution in [3.63, 3.8) is 0 Å². The maximum absolute atomic E-state index is 12.5. The molecule has 0 aliphatic heterocycles. The number of carbonyl (C=O) groups excluding carboxylic acids is 2. The number of allylic oxidation sites excluding steroid dienone is 3. The lowest BCUT2D eigenvalue weighted by Crippen LogP contribution is -2.18. The number of hydrogen-bond acceptors (Lipinski definition) is 3. The van der Waals surface area contributed by atoms with Gasteiger partial charge in [-0.2, -0.15) is 0 Å². The molecular weight excluding hydrogens is 300 g/mol. The molecule has 0 spiro atoms. The zero-order valence-corrected chi connectivity index (χ0v) is 13.9. The number of fused-ring (bicyclic) bond motifs is 1. The Morgan fingerprint density at radius 2 is 2.04 bits per heavy atom. The molecule has 3 nitrogen and oxygen atoms in total. The van der Waals surface area contributed by atoms with Gasteiger partial charge in [-0.3, -0.25) is 4.79 Å². The quantitative estimate of drug-likeness (QED) is 0.585. The molecule has 124 valence electrons. The summed E-state index contributed by atoms with van der Waals surface area (Å²) in [6.45, 7) is 6.08. The van der Waals surface area contributed by atoms with Crippen LogP contribution in [0.4, 0.5) is 0 Å². The van der Waals surface area contributed by atoms with Crippen LogP contribution in [0, 0.1) is 17.8 Å². The van der Waals surface area contributed by atoms with Crippen molar-refractivity contribution in [3.8, 4) is 0 Å². The predicted molar refractivity (Wildman–Crippen MR) is 93.9 cm³/mol. The van der Waals surface area contributed by atoms with Crippen molar-refractivity contribution < 1.29 is 14.3 Å². The van der Waals surface area contributed by atoms with Gasteiger partial charge in [0.1, 0.15) is 12.9 Å². The lowest BCUT2D eigenvalue weighted by Gasteiger charge is -2.20. The fourth-order valence-electron chi connectivity index (χ4n) is 3.80. The van der Waals surface area contributed by atoms with Crippen LogP contribution in [0.15, 0.2) is 54.1 Å². The normalized spacial score (nSPS) is 24.8. The first-order chi connectivity index (χ1) is 11.7. The smallest absolute Gasteiger partial charge is 0.334 e. The molecule has 1 aromatic rings. The molecule has 3 atom stereocenters. The Labute approximate surface area is 142 Å². The average Bonchev–Trinajstić information content (AvgIpc) is 3.17. The third-order valence-electron chi connectivity index (χ3n) is 5.07. The summed E-state index contributed by atoms with van der Waals surface area (Å²) in [7, 11) is 0. The molecule has 0 saturated carbocycles. The maximum atomic E-state index is 12.5. The highest BCUT2D eigenvalue weighted by Gasteiger charge is 2.41. The molecule has 0 aromatic heterocycles. The highest BCUT2D eigenvalue weighted by molar-refractivity contribution is 5.90. The van der Waals surface area contributed by atoms with Crippen LogP contribution in [0.5, 0.6) is 0 Å². The van der Waals surface area contributed by atoms with Crippen molar-refractivity contribution in [1.29, 1.82) is 0 Å². The third-order valence-corrected chi connectivity index (χ3v) is 5.07. The number of hydrogen-bond donors (Lipinski definition) is 0. The molecular formula is C21H22O3. The van der Waals surface area contributed by atoms with Crippen LogP contribution < -0.4 is 0 Å². The summed E-state index contributed by atoms with van der Waals surface area (Å²) in [6, 6.07) is 7.79. The molecule has 0 amide bonds. The molecule has 0 bridgehead atoms. The van der Waals surface area contributed by atoms with Gasteiger partial charge in [0.25, 0.3) is 0 Å². The van der Waals surface area contributed by atoms with E-state index in [0.29, 0.717) is 5.92 Å². The van der Waals surface area contributed by atoms with Gasteiger partial charge in [0.2, 0.25) is 0 Å². The number of benzene rings is 1. The number of carbonyl (C=O) groups is 2. The zero-order valence-electron chi connectivity index (χ0n) is 13.9. The Kier molecular flexibility index (Phi) is 4.79. The summed E-state index contributed by atoms with van der Waals surface area (Å²) in [6.07, 6.45) is 8.36. The fraction of sp³-hybridized carbons (Fsp3) is 0.333. The molecule has 3 rings (SSSR count). The molecule has 3 unspecified atom stereocenters. The highest BCUT2D eigenvalue weighted by Crippen LogP contribution is 2.47. The summed E-state index contributed by atoms with van der Waals surface area (Å²) in [5.74, 6) is 0.485. The number of esters is 1. The minimum atomic E-state index is -0.231. The first-order valence-electron chi connectivity index (χ1n) is 8.42. The van der Waals surface area contributed by atoms with Crippen molar-refractivity contribution in [2.75, 3.05) is 0 Å². The SMILES string of the molecule is C=Cc1ccc(COC(=O)C2=CC3C=C(C=O)CC3C2CC)cc1. The molecule has 3 heteroatoms. The Morgan fingerprint density at radius 3 is 2.67 bits per heavy atom. The van der Waals surface area contributed by atoms with Gasteiger partial charge >= 0.3 is 5.97 Å². The largest absolute Gasteiger partial charge is 0.457 e. The molecule has 2 aliphatic carbocycles. The number of rotatable bonds is 6. The van der Waals surface area contributed by atoms with E-state index in [4.69, 9.17) is 4.74 Å². The minimum Gasteiger partial charge on any atom is -0.457 e. The highest BCUT2D eigenvalue weighted by atomic mass is 16.5. The standard InChI is InChI=1S/C21H22O3/c1-3-14-5-7-15(8-6-14)13-24-21(23)20-11-17-9-16(12-22)10-19(17)18(20)4-2/h3,5-9,11-12,17-19H,1,4,10,13H2,2H3. The van der Waals surface area contributed by atoms with E-state index >= 15 is 0 Å². The first-order valence-corrected chi connectivity index (χ1v) is 8.42. The second-order valence-electron chi connectivity index (χ2n) is 6.46. The van der Waals surface area contributed by atoms with Crippen LogP contribution in [0.1, 0.15) is 30.9 Å². The van der Waals surface area contributed by atoms with Gasteiger partial charge in [-0.25, -0.2) is 4.79 Å². The van der Waals surface area contributed by atoms with Gasteiger partial charge in [0, 0.05) is 5.57 Å². The molecule has 0 heterocycles. The van der Waals surface area contributed by atoms with E-state index < -0.39 is 0 Å². The molecule has 24 heavy (non-hydrogen) atoms. The number of aldehydes is 1. The minimum absolute atomic E-state index is 0.180. The van der Waals surface area contributed by atoms with E-state index in [0.717, 1.165) is 41.4 Å². The van der Waals surface area contributed by atoms with E-state index in [-0.39, 0.29) is 24.4 Å². The topological polar surface area (TPSA) is 43.4 Å². The third kappa shape index (κ3) is 3.12. The van der Waals surface area contributed by atoms with Gasteiger partial charge in [0.15, 0.2) is 0 Å². The van der Waals surface area contributed by atoms with Crippen LogP contribution in [-0.4, -0.2) is 12.3 Å². The van der Waals surface area contributed by atoms with Crippen molar-refractivity contribution in [2.24, 2.45) is 17.8 Å². The van der Waals surface area contributed by atoms with Crippen molar-refractivity contribution in [3.05, 3.63) is 65.3 Å². The van der Waals surface area contributed by atoms with Crippen LogP contribution >= 0.6 is 0 Å². The van der Waals surface area contributed by atoms with E-state index in [1.807, 2.05) is 36.4 Å². The second-order valence-corrected chi connectivity index (χ2v) is 6.46. The van der Waals surface area contributed by atoms with Crippen molar-refractivity contribution in [1.82, 2.24) is 0 Å².